The van der Waals surface area contributed by atoms with Gasteiger partial charge >= 0.3 is 0 Å². The number of carbonyl (C=O) groups is 1. The van der Waals surface area contributed by atoms with E-state index in [2.05, 4.69) is 36.1 Å². The molecule has 27 heavy (non-hydrogen) atoms. The van der Waals surface area contributed by atoms with Gasteiger partial charge in [0.15, 0.2) is 0 Å². The number of carbonyl (C=O) groups excluding carboxylic acids is 1. The number of aromatic nitrogens is 3. The highest BCUT2D eigenvalue weighted by atomic mass is 32.2. The molecule has 0 radical (unpaired) electrons. The summed E-state index contributed by atoms with van der Waals surface area (Å²) in [6.07, 6.45) is 8.29. The second kappa shape index (κ2) is 7.13. The summed E-state index contributed by atoms with van der Waals surface area (Å²) in [7, 11) is 0. The van der Waals surface area contributed by atoms with E-state index in [9.17, 15) is 4.79 Å². The van der Waals surface area contributed by atoms with Crippen molar-refractivity contribution in [2.24, 2.45) is 0 Å². The van der Waals surface area contributed by atoms with Crippen molar-refractivity contribution in [3.05, 3.63) is 58.7 Å². The highest BCUT2D eigenvalue weighted by Crippen LogP contribution is 2.38. The Bertz CT molecular complexity index is 953. The third-order valence-corrected chi connectivity index (χ3v) is 6.86. The fraction of sp³-hybridized carbons (Fsp3) is 0.350. The molecule has 140 valence electrons. The van der Waals surface area contributed by atoms with Crippen molar-refractivity contribution < 1.29 is 4.79 Å². The van der Waals surface area contributed by atoms with Crippen molar-refractivity contribution in [2.75, 3.05) is 11.1 Å². The highest BCUT2D eigenvalue weighted by Gasteiger charge is 2.26. The summed E-state index contributed by atoms with van der Waals surface area (Å²) in [4.78, 5) is 23.3. The molecule has 0 atom stereocenters. The van der Waals surface area contributed by atoms with Crippen LogP contribution in [0.3, 0.4) is 0 Å². The maximum absolute atomic E-state index is 13.2. The van der Waals surface area contributed by atoms with E-state index in [-0.39, 0.29) is 11.3 Å². The van der Waals surface area contributed by atoms with E-state index < -0.39 is 0 Å². The molecule has 1 amide bonds. The van der Waals surface area contributed by atoms with Gasteiger partial charge in [-0.2, -0.15) is 11.8 Å². The van der Waals surface area contributed by atoms with Crippen molar-refractivity contribution >= 4 is 34.7 Å². The minimum Gasteiger partial charge on any atom is -0.319 e. The van der Waals surface area contributed by atoms with E-state index in [1.165, 1.54) is 10.4 Å². The Morgan fingerprint density at radius 3 is 2.56 bits per heavy atom. The fourth-order valence-electron chi connectivity index (χ4n) is 3.08. The van der Waals surface area contributed by atoms with Crippen LogP contribution in [-0.4, -0.2) is 26.2 Å². The zero-order chi connectivity index (χ0) is 19.0. The Kier molecular flexibility index (Phi) is 4.82. The van der Waals surface area contributed by atoms with Gasteiger partial charge in [0.2, 0.25) is 0 Å². The summed E-state index contributed by atoms with van der Waals surface area (Å²) in [5, 5.41) is 3.98. The lowest BCUT2D eigenvalue weighted by Crippen LogP contribution is -2.19. The Labute approximate surface area is 167 Å². The molecule has 4 heterocycles. The third-order valence-electron chi connectivity index (χ3n) is 4.45. The van der Waals surface area contributed by atoms with Crippen molar-refractivity contribution in [1.29, 1.82) is 0 Å². The van der Waals surface area contributed by atoms with Gasteiger partial charge in [0.1, 0.15) is 10.8 Å². The van der Waals surface area contributed by atoms with Crippen LogP contribution in [0.5, 0.6) is 0 Å². The number of rotatable bonds is 3. The average molecular weight is 399 g/mol. The smallest absolute Gasteiger partial charge is 0.259 e. The van der Waals surface area contributed by atoms with Crippen molar-refractivity contribution in [2.45, 2.75) is 38.4 Å². The first-order chi connectivity index (χ1) is 12.9. The summed E-state index contributed by atoms with van der Waals surface area (Å²) in [5.41, 5.74) is 2.48. The molecule has 0 unspecified atom stereocenters. The van der Waals surface area contributed by atoms with Gasteiger partial charge in [-0.3, -0.25) is 4.79 Å². The predicted molar refractivity (Wildman–Crippen MR) is 112 cm³/mol. The standard InChI is InChI=1S/C20H22N4OS2/c1-20(2,3)19-21-10-13(11-22-19)23-17(25)16-14-6-9-26-12-15(14)27-18(16)24-7-4-5-8-24/h4-5,7-8,10-11H,6,9,12H2,1-3H3,(H,23,25). The molecule has 7 heteroatoms. The van der Waals surface area contributed by atoms with Gasteiger partial charge in [-0.15, -0.1) is 11.3 Å². The lowest BCUT2D eigenvalue weighted by Gasteiger charge is -2.16. The molecule has 1 N–H and O–H groups in total. The summed E-state index contributed by atoms with van der Waals surface area (Å²) < 4.78 is 2.03. The number of thioether (sulfide) groups is 1. The van der Waals surface area contributed by atoms with Gasteiger partial charge in [0.25, 0.3) is 5.91 Å². The number of anilines is 1. The lowest BCUT2D eigenvalue weighted by atomic mass is 9.96. The molecule has 0 aliphatic carbocycles. The number of amides is 1. The van der Waals surface area contributed by atoms with Crippen molar-refractivity contribution in [3.63, 3.8) is 0 Å². The van der Waals surface area contributed by atoms with Gasteiger partial charge in [-0.05, 0) is 29.9 Å². The van der Waals surface area contributed by atoms with Gasteiger partial charge in [-0.25, -0.2) is 9.97 Å². The largest absolute Gasteiger partial charge is 0.319 e. The van der Waals surface area contributed by atoms with Crippen LogP contribution in [-0.2, 0) is 17.6 Å². The fourth-order valence-corrected chi connectivity index (χ4v) is 5.52. The first kappa shape index (κ1) is 18.3. The molecular weight excluding hydrogens is 376 g/mol. The molecule has 3 aromatic heterocycles. The van der Waals surface area contributed by atoms with Crippen LogP contribution >= 0.6 is 23.1 Å². The molecule has 4 rings (SSSR count). The monoisotopic (exact) mass is 398 g/mol. The SMILES string of the molecule is CC(C)(C)c1ncc(NC(=O)c2c(-n3cccc3)sc3c2CCSC3)cn1. The summed E-state index contributed by atoms with van der Waals surface area (Å²) >= 11 is 3.64. The average Bonchev–Trinajstić information content (AvgIpc) is 3.28. The van der Waals surface area contributed by atoms with E-state index in [1.807, 2.05) is 40.9 Å². The number of nitrogens with one attached hydrogen (secondary N) is 1. The summed E-state index contributed by atoms with van der Waals surface area (Å²) in [5.74, 6) is 2.71. The number of fused-ring (bicyclic) bond motifs is 1. The molecule has 5 nitrogen and oxygen atoms in total. The minimum absolute atomic E-state index is 0.0878. The zero-order valence-electron chi connectivity index (χ0n) is 15.7. The molecule has 0 saturated carbocycles. The quantitative estimate of drug-likeness (QED) is 0.697. The van der Waals surface area contributed by atoms with Crippen molar-refractivity contribution in [3.8, 4) is 5.00 Å². The van der Waals surface area contributed by atoms with Crippen LogP contribution in [0.25, 0.3) is 5.00 Å². The third kappa shape index (κ3) is 3.66. The molecule has 0 saturated heterocycles. The molecule has 0 bridgehead atoms. The second-order valence-electron chi connectivity index (χ2n) is 7.58. The molecular formula is C20H22N4OS2. The van der Waals surface area contributed by atoms with E-state index in [0.717, 1.165) is 34.3 Å². The van der Waals surface area contributed by atoms with Crippen LogP contribution in [0.1, 0.15) is 47.4 Å². The summed E-state index contributed by atoms with van der Waals surface area (Å²) in [6.45, 7) is 6.21. The van der Waals surface area contributed by atoms with E-state index in [1.54, 1.807) is 23.7 Å². The number of thiophene rings is 1. The van der Waals surface area contributed by atoms with Gasteiger partial charge in [-0.1, -0.05) is 20.8 Å². The van der Waals surface area contributed by atoms with Gasteiger partial charge in [0, 0.05) is 28.4 Å². The van der Waals surface area contributed by atoms with Crippen LogP contribution < -0.4 is 5.32 Å². The molecule has 0 aromatic carbocycles. The second-order valence-corrected chi connectivity index (χ2v) is 9.77. The van der Waals surface area contributed by atoms with Crippen LogP contribution in [0.15, 0.2) is 36.9 Å². The Balaban J connectivity index is 1.66. The number of nitrogens with zero attached hydrogens (tertiary/aromatic N) is 3. The summed E-state index contributed by atoms with van der Waals surface area (Å²) in [6, 6.07) is 3.96. The Hall–Kier alpha value is -2.12. The van der Waals surface area contributed by atoms with E-state index >= 15 is 0 Å². The maximum atomic E-state index is 13.2. The highest BCUT2D eigenvalue weighted by molar-refractivity contribution is 7.98. The topological polar surface area (TPSA) is 59.8 Å². The maximum Gasteiger partial charge on any atom is 0.259 e. The molecule has 1 aliphatic rings. The number of hydrogen-bond acceptors (Lipinski definition) is 5. The van der Waals surface area contributed by atoms with Crippen molar-refractivity contribution in [1.82, 2.24) is 14.5 Å². The Morgan fingerprint density at radius 2 is 1.89 bits per heavy atom. The van der Waals surface area contributed by atoms with Crippen LogP contribution in [0.4, 0.5) is 5.69 Å². The van der Waals surface area contributed by atoms with E-state index in [0.29, 0.717) is 5.69 Å². The lowest BCUT2D eigenvalue weighted by molar-refractivity contribution is 0.102. The Morgan fingerprint density at radius 1 is 1.19 bits per heavy atom. The van der Waals surface area contributed by atoms with Crippen LogP contribution in [0, 0.1) is 0 Å². The first-order valence-electron chi connectivity index (χ1n) is 8.93. The number of hydrogen-bond donors (Lipinski definition) is 1. The predicted octanol–water partition coefficient (Wildman–Crippen LogP) is 4.67. The molecule has 3 aromatic rings. The minimum atomic E-state index is -0.117. The van der Waals surface area contributed by atoms with Crippen LogP contribution in [0.2, 0.25) is 0 Å². The zero-order valence-corrected chi connectivity index (χ0v) is 17.3. The molecule has 0 spiro atoms. The molecule has 1 aliphatic heterocycles. The molecule has 0 fully saturated rings. The first-order valence-corrected chi connectivity index (χ1v) is 10.9. The van der Waals surface area contributed by atoms with Gasteiger partial charge in [0.05, 0.1) is 23.6 Å². The normalized spacial score (nSPS) is 14.0. The van der Waals surface area contributed by atoms with Gasteiger partial charge < -0.3 is 9.88 Å². The van der Waals surface area contributed by atoms with E-state index in [4.69, 9.17) is 0 Å².